The molecule has 0 amide bonds. The van der Waals surface area contributed by atoms with E-state index < -0.39 is 0 Å². The van der Waals surface area contributed by atoms with Gasteiger partial charge in [-0.15, -0.1) is 11.3 Å². The van der Waals surface area contributed by atoms with Gasteiger partial charge in [-0.1, -0.05) is 6.07 Å². The zero-order chi connectivity index (χ0) is 18.8. The molecule has 1 aliphatic rings. The Morgan fingerprint density at radius 3 is 2.93 bits per heavy atom. The molecule has 0 radical (unpaired) electrons. The summed E-state index contributed by atoms with van der Waals surface area (Å²) in [6.45, 7) is 3.77. The Balaban J connectivity index is 1.61. The van der Waals surface area contributed by atoms with Crippen LogP contribution < -0.4 is 9.47 Å². The topological polar surface area (TPSA) is 60.6 Å². The number of methoxy groups -OCH3 is 2. The van der Waals surface area contributed by atoms with Crippen LogP contribution in [0.1, 0.15) is 35.3 Å². The van der Waals surface area contributed by atoms with Gasteiger partial charge in [0.2, 0.25) is 5.89 Å². The maximum absolute atomic E-state index is 5.99. The highest BCUT2D eigenvalue weighted by Crippen LogP contribution is 2.39. The molecule has 27 heavy (non-hydrogen) atoms. The van der Waals surface area contributed by atoms with Gasteiger partial charge >= 0.3 is 0 Å². The average Bonchev–Trinajstić information content (AvgIpc) is 3.43. The third kappa shape index (κ3) is 3.44. The molecular formula is C20H23N3O3S. The van der Waals surface area contributed by atoms with E-state index in [0.717, 1.165) is 36.5 Å². The quantitative estimate of drug-likeness (QED) is 0.624. The summed E-state index contributed by atoms with van der Waals surface area (Å²) in [5.41, 5.74) is 1.75. The van der Waals surface area contributed by atoms with Crippen LogP contribution in [0.2, 0.25) is 0 Å². The zero-order valence-electron chi connectivity index (χ0n) is 15.8. The van der Waals surface area contributed by atoms with Crippen LogP contribution in [0, 0.1) is 6.92 Å². The van der Waals surface area contributed by atoms with Gasteiger partial charge in [0.05, 0.1) is 31.5 Å². The van der Waals surface area contributed by atoms with E-state index in [1.807, 2.05) is 36.7 Å². The maximum Gasteiger partial charge on any atom is 0.230 e. The molecule has 142 valence electrons. The third-order valence-electron chi connectivity index (χ3n) is 4.98. The van der Waals surface area contributed by atoms with Crippen LogP contribution in [0.5, 0.6) is 11.5 Å². The molecule has 1 unspecified atom stereocenters. The average molecular weight is 385 g/mol. The number of aromatic nitrogens is 2. The molecule has 3 heterocycles. The number of likely N-dealkylation sites (tertiary alicyclic amines) is 1. The largest absolute Gasteiger partial charge is 0.493 e. The van der Waals surface area contributed by atoms with E-state index in [1.165, 1.54) is 11.4 Å². The van der Waals surface area contributed by atoms with E-state index in [1.54, 1.807) is 25.6 Å². The van der Waals surface area contributed by atoms with E-state index >= 15 is 0 Å². The first-order valence-electron chi connectivity index (χ1n) is 9.02. The standard InChI is InChI=1S/C20H23N3O3S/c1-13-15(12-23-10-5-7-16(23)20-21-9-11-27-20)22-19(26-13)14-6-4-8-17(24-2)18(14)25-3/h4,6,8-9,11,16H,5,7,10,12H2,1-3H3. The number of ether oxygens (including phenoxy) is 2. The van der Waals surface area contributed by atoms with Gasteiger partial charge in [-0.25, -0.2) is 9.97 Å². The highest BCUT2D eigenvalue weighted by Gasteiger charge is 2.29. The minimum absolute atomic E-state index is 0.371. The second-order valence-corrected chi connectivity index (χ2v) is 7.49. The Bertz CT molecular complexity index is 907. The van der Waals surface area contributed by atoms with Gasteiger partial charge in [-0.05, 0) is 38.4 Å². The van der Waals surface area contributed by atoms with E-state index in [2.05, 4.69) is 9.88 Å². The smallest absolute Gasteiger partial charge is 0.230 e. The zero-order valence-corrected chi connectivity index (χ0v) is 16.6. The normalized spacial score (nSPS) is 17.4. The van der Waals surface area contributed by atoms with E-state index in [9.17, 15) is 0 Å². The minimum atomic E-state index is 0.371. The fourth-order valence-electron chi connectivity index (χ4n) is 3.63. The number of oxazole rings is 1. The van der Waals surface area contributed by atoms with Crippen molar-refractivity contribution >= 4 is 11.3 Å². The summed E-state index contributed by atoms with van der Waals surface area (Å²) in [6, 6.07) is 6.08. The summed E-state index contributed by atoms with van der Waals surface area (Å²) >= 11 is 1.72. The number of aryl methyl sites for hydroxylation is 1. The molecular weight excluding hydrogens is 362 g/mol. The van der Waals surface area contributed by atoms with Gasteiger partial charge in [0.15, 0.2) is 11.5 Å². The van der Waals surface area contributed by atoms with E-state index in [0.29, 0.717) is 23.4 Å². The Kier molecular flexibility index (Phi) is 5.13. The predicted molar refractivity (Wildman–Crippen MR) is 104 cm³/mol. The van der Waals surface area contributed by atoms with E-state index in [4.69, 9.17) is 18.9 Å². The van der Waals surface area contributed by atoms with Crippen molar-refractivity contribution in [3.63, 3.8) is 0 Å². The van der Waals surface area contributed by atoms with Gasteiger partial charge in [0.1, 0.15) is 10.8 Å². The molecule has 2 aromatic heterocycles. The predicted octanol–water partition coefficient (Wildman–Crippen LogP) is 4.46. The van der Waals surface area contributed by atoms with Crippen molar-refractivity contribution in [1.82, 2.24) is 14.9 Å². The maximum atomic E-state index is 5.99. The number of nitrogens with zero attached hydrogens (tertiary/aromatic N) is 3. The Morgan fingerprint density at radius 2 is 2.19 bits per heavy atom. The summed E-state index contributed by atoms with van der Waals surface area (Å²) in [4.78, 5) is 11.7. The lowest BCUT2D eigenvalue weighted by atomic mass is 10.2. The summed E-state index contributed by atoms with van der Waals surface area (Å²) in [5, 5.41) is 3.23. The van der Waals surface area contributed by atoms with Gasteiger partial charge in [0, 0.05) is 18.1 Å². The highest BCUT2D eigenvalue weighted by atomic mass is 32.1. The summed E-state index contributed by atoms with van der Waals surface area (Å²) in [5.74, 6) is 2.69. The number of para-hydroxylation sites is 1. The lowest BCUT2D eigenvalue weighted by molar-refractivity contribution is 0.244. The molecule has 1 aromatic carbocycles. The second-order valence-electron chi connectivity index (χ2n) is 6.56. The molecule has 3 aromatic rings. The van der Waals surface area contributed by atoms with Crippen molar-refractivity contribution in [1.29, 1.82) is 0 Å². The number of thiazole rings is 1. The third-order valence-corrected chi connectivity index (χ3v) is 5.86. The van der Waals surface area contributed by atoms with Crippen LogP contribution in [-0.2, 0) is 6.54 Å². The van der Waals surface area contributed by atoms with Crippen LogP contribution in [0.3, 0.4) is 0 Å². The Morgan fingerprint density at radius 1 is 1.30 bits per heavy atom. The van der Waals surface area contributed by atoms with Crippen LogP contribution in [0.4, 0.5) is 0 Å². The number of hydrogen-bond donors (Lipinski definition) is 0. The molecule has 1 fully saturated rings. The van der Waals surface area contributed by atoms with E-state index in [-0.39, 0.29) is 0 Å². The Hall–Kier alpha value is -2.38. The van der Waals surface area contributed by atoms with Crippen molar-refractivity contribution in [3.8, 4) is 23.0 Å². The number of benzene rings is 1. The molecule has 6 nitrogen and oxygen atoms in total. The lowest BCUT2D eigenvalue weighted by Crippen LogP contribution is -2.23. The van der Waals surface area contributed by atoms with Gasteiger partial charge < -0.3 is 13.9 Å². The first kappa shape index (κ1) is 18.0. The van der Waals surface area contributed by atoms with Gasteiger partial charge in [-0.3, -0.25) is 4.90 Å². The fourth-order valence-corrected chi connectivity index (χ4v) is 4.44. The van der Waals surface area contributed by atoms with Crippen molar-refractivity contribution in [2.45, 2.75) is 32.4 Å². The van der Waals surface area contributed by atoms with Gasteiger partial charge in [0.25, 0.3) is 0 Å². The lowest BCUT2D eigenvalue weighted by Gasteiger charge is -2.21. The van der Waals surface area contributed by atoms with Crippen LogP contribution in [0.25, 0.3) is 11.5 Å². The molecule has 0 N–H and O–H groups in total. The highest BCUT2D eigenvalue weighted by molar-refractivity contribution is 7.09. The molecule has 1 aliphatic heterocycles. The minimum Gasteiger partial charge on any atom is -0.493 e. The molecule has 1 atom stereocenters. The number of hydrogen-bond acceptors (Lipinski definition) is 7. The van der Waals surface area contributed by atoms with Crippen LogP contribution in [0.15, 0.2) is 34.2 Å². The SMILES string of the molecule is COc1cccc(-c2nc(CN3CCCC3c3nccs3)c(C)o2)c1OC. The molecule has 0 saturated carbocycles. The van der Waals surface area contributed by atoms with Crippen molar-refractivity contribution in [3.05, 3.63) is 46.2 Å². The summed E-state index contributed by atoms with van der Waals surface area (Å²) < 4.78 is 16.9. The molecule has 0 bridgehead atoms. The molecule has 1 saturated heterocycles. The molecule has 0 spiro atoms. The van der Waals surface area contributed by atoms with Crippen molar-refractivity contribution < 1.29 is 13.9 Å². The molecule has 4 rings (SSSR count). The van der Waals surface area contributed by atoms with Crippen LogP contribution in [-0.4, -0.2) is 35.6 Å². The van der Waals surface area contributed by atoms with Crippen molar-refractivity contribution in [2.24, 2.45) is 0 Å². The second kappa shape index (κ2) is 7.70. The summed E-state index contributed by atoms with van der Waals surface area (Å²) in [6.07, 6.45) is 4.20. The number of rotatable bonds is 6. The first-order chi connectivity index (χ1) is 13.2. The summed E-state index contributed by atoms with van der Waals surface area (Å²) in [7, 11) is 3.25. The monoisotopic (exact) mass is 385 g/mol. The van der Waals surface area contributed by atoms with Gasteiger partial charge in [-0.2, -0.15) is 0 Å². The fraction of sp³-hybridized carbons (Fsp3) is 0.400. The van der Waals surface area contributed by atoms with Crippen molar-refractivity contribution in [2.75, 3.05) is 20.8 Å². The Labute approximate surface area is 162 Å². The first-order valence-corrected chi connectivity index (χ1v) is 9.90. The molecule has 7 heteroatoms. The van der Waals surface area contributed by atoms with Crippen LogP contribution >= 0.6 is 11.3 Å². The molecule has 0 aliphatic carbocycles.